The van der Waals surface area contributed by atoms with Gasteiger partial charge in [-0.25, -0.2) is 4.98 Å². The van der Waals surface area contributed by atoms with E-state index in [4.69, 9.17) is 0 Å². The number of carbonyl (C=O) groups is 1. The minimum Gasteiger partial charge on any atom is -0.354 e. The number of aromatic nitrogens is 1. The second-order valence-corrected chi connectivity index (χ2v) is 6.25. The van der Waals surface area contributed by atoms with Crippen LogP contribution in [0, 0.1) is 6.92 Å². The summed E-state index contributed by atoms with van der Waals surface area (Å²) >= 11 is 3.44. The normalized spacial score (nSPS) is 10.2. The van der Waals surface area contributed by atoms with Crippen molar-refractivity contribution in [1.82, 2.24) is 4.98 Å². The van der Waals surface area contributed by atoms with Crippen LogP contribution in [0.3, 0.4) is 0 Å². The van der Waals surface area contributed by atoms with Gasteiger partial charge in [0, 0.05) is 15.7 Å². The molecule has 0 saturated heterocycles. The molecule has 1 heterocycles. The van der Waals surface area contributed by atoms with Crippen LogP contribution in [-0.2, 0) is 0 Å². The summed E-state index contributed by atoms with van der Waals surface area (Å²) < 4.78 is 1.00. The Labute approximate surface area is 149 Å². The van der Waals surface area contributed by atoms with Gasteiger partial charge >= 0.3 is 0 Å². The molecule has 5 heteroatoms. The Balaban J connectivity index is 1.68. The summed E-state index contributed by atoms with van der Waals surface area (Å²) in [6.07, 6.45) is 1.69. The third-order valence-corrected chi connectivity index (χ3v) is 4.00. The minimum atomic E-state index is -0.159. The molecule has 2 N–H and O–H groups in total. The zero-order valence-corrected chi connectivity index (χ0v) is 14.7. The molecule has 3 aromatic rings. The standard InChI is InChI=1S/C19H16BrN3O/c1-13-5-2-3-8-17(13)19(24)23-18-10-9-16(12-21-18)22-15-7-4-6-14(20)11-15/h2-12,22H,1H3,(H,21,23,24). The zero-order chi connectivity index (χ0) is 16.9. The van der Waals surface area contributed by atoms with E-state index in [1.54, 1.807) is 18.3 Å². The summed E-state index contributed by atoms with van der Waals surface area (Å²) in [4.78, 5) is 16.6. The van der Waals surface area contributed by atoms with Crippen LogP contribution in [0.4, 0.5) is 17.2 Å². The van der Waals surface area contributed by atoms with Crippen molar-refractivity contribution >= 4 is 39.0 Å². The van der Waals surface area contributed by atoms with Crippen LogP contribution in [0.15, 0.2) is 71.3 Å². The molecule has 0 unspecified atom stereocenters. The van der Waals surface area contributed by atoms with Gasteiger partial charge in [-0.3, -0.25) is 4.79 Å². The SMILES string of the molecule is Cc1ccccc1C(=O)Nc1ccc(Nc2cccc(Br)c2)cn1. The fraction of sp³-hybridized carbons (Fsp3) is 0.0526. The number of amides is 1. The monoisotopic (exact) mass is 381 g/mol. The van der Waals surface area contributed by atoms with Crippen molar-refractivity contribution in [2.75, 3.05) is 10.6 Å². The number of nitrogens with zero attached hydrogens (tertiary/aromatic N) is 1. The first-order valence-electron chi connectivity index (χ1n) is 7.47. The Kier molecular flexibility index (Phi) is 4.91. The molecule has 0 atom stereocenters. The molecule has 0 radical (unpaired) electrons. The smallest absolute Gasteiger partial charge is 0.257 e. The largest absolute Gasteiger partial charge is 0.354 e. The van der Waals surface area contributed by atoms with Gasteiger partial charge in [0.2, 0.25) is 0 Å². The first-order chi connectivity index (χ1) is 11.6. The number of halogens is 1. The van der Waals surface area contributed by atoms with E-state index in [2.05, 4.69) is 31.5 Å². The molecule has 1 amide bonds. The van der Waals surface area contributed by atoms with Crippen LogP contribution in [0.5, 0.6) is 0 Å². The highest BCUT2D eigenvalue weighted by molar-refractivity contribution is 9.10. The first-order valence-corrected chi connectivity index (χ1v) is 8.27. The van der Waals surface area contributed by atoms with Crippen molar-refractivity contribution in [2.45, 2.75) is 6.92 Å². The van der Waals surface area contributed by atoms with E-state index in [0.29, 0.717) is 11.4 Å². The Morgan fingerprint density at radius 2 is 1.83 bits per heavy atom. The molecule has 0 bridgehead atoms. The number of hydrogen-bond donors (Lipinski definition) is 2. The third kappa shape index (κ3) is 4.00. The van der Waals surface area contributed by atoms with Crippen molar-refractivity contribution < 1.29 is 4.79 Å². The predicted molar refractivity (Wildman–Crippen MR) is 101 cm³/mol. The molecule has 120 valence electrons. The van der Waals surface area contributed by atoms with Gasteiger partial charge in [0.25, 0.3) is 5.91 Å². The van der Waals surface area contributed by atoms with Crippen molar-refractivity contribution in [2.24, 2.45) is 0 Å². The fourth-order valence-electron chi connectivity index (χ4n) is 2.29. The molecule has 1 aromatic heterocycles. The summed E-state index contributed by atoms with van der Waals surface area (Å²) in [5.41, 5.74) is 3.39. The predicted octanol–water partition coefficient (Wildman–Crippen LogP) is 5.15. The highest BCUT2D eigenvalue weighted by Crippen LogP contribution is 2.21. The maximum Gasteiger partial charge on any atom is 0.257 e. The van der Waals surface area contributed by atoms with E-state index < -0.39 is 0 Å². The Morgan fingerprint density at radius 1 is 1.00 bits per heavy atom. The van der Waals surface area contributed by atoms with E-state index in [9.17, 15) is 4.79 Å². The highest BCUT2D eigenvalue weighted by Gasteiger charge is 2.09. The fourth-order valence-corrected chi connectivity index (χ4v) is 2.69. The van der Waals surface area contributed by atoms with Crippen molar-refractivity contribution in [1.29, 1.82) is 0 Å². The molecular formula is C19H16BrN3O. The molecule has 2 aromatic carbocycles. The summed E-state index contributed by atoms with van der Waals surface area (Å²) in [7, 11) is 0. The molecule has 0 aliphatic carbocycles. The molecule has 0 saturated carbocycles. The summed E-state index contributed by atoms with van der Waals surface area (Å²) in [6, 6.07) is 19.0. The van der Waals surface area contributed by atoms with Gasteiger partial charge in [0.05, 0.1) is 11.9 Å². The lowest BCUT2D eigenvalue weighted by atomic mass is 10.1. The average molecular weight is 382 g/mol. The van der Waals surface area contributed by atoms with Crippen molar-refractivity contribution in [3.63, 3.8) is 0 Å². The first kappa shape index (κ1) is 16.2. The molecule has 0 aliphatic heterocycles. The molecule has 0 spiro atoms. The van der Waals surface area contributed by atoms with Gasteiger partial charge in [-0.1, -0.05) is 40.2 Å². The van der Waals surface area contributed by atoms with Crippen molar-refractivity contribution in [3.8, 4) is 0 Å². The topological polar surface area (TPSA) is 54.0 Å². The Morgan fingerprint density at radius 3 is 2.54 bits per heavy atom. The molecule has 0 fully saturated rings. The molecule has 3 rings (SSSR count). The number of anilines is 3. The van der Waals surface area contributed by atoms with Gasteiger partial charge in [-0.05, 0) is 48.9 Å². The van der Waals surface area contributed by atoms with E-state index >= 15 is 0 Å². The number of benzene rings is 2. The van der Waals surface area contributed by atoms with Crippen molar-refractivity contribution in [3.05, 3.63) is 82.5 Å². The highest BCUT2D eigenvalue weighted by atomic mass is 79.9. The number of aryl methyl sites for hydroxylation is 1. The minimum absolute atomic E-state index is 0.159. The van der Waals surface area contributed by atoms with Crippen LogP contribution in [-0.4, -0.2) is 10.9 Å². The van der Waals surface area contributed by atoms with Crippen LogP contribution in [0.2, 0.25) is 0 Å². The number of carbonyl (C=O) groups excluding carboxylic acids is 1. The Hall–Kier alpha value is -2.66. The van der Waals surface area contributed by atoms with Gasteiger partial charge in [-0.2, -0.15) is 0 Å². The lowest BCUT2D eigenvalue weighted by molar-refractivity contribution is 0.102. The van der Waals surface area contributed by atoms with Crippen LogP contribution < -0.4 is 10.6 Å². The second kappa shape index (κ2) is 7.27. The second-order valence-electron chi connectivity index (χ2n) is 5.34. The van der Waals surface area contributed by atoms with Crippen LogP contribution in [0.25, 0.3) is 0 Å². The van der Waals surface area contributed by atoms with E-state index in [0.717, 1.165) is 21.4 Å². The third-order valence-electron chi connectivity index (χ3n) is 3.51. The summed E-state index contributed by atoms with van der Waals surface area (Å²) in [5.74, 6) is 0.358. The molecule has 4 nitrogen and oxygen atoms in total. The van der Waals surface area contributed by atoms with E-state index in [1.165, 1.54) is 0 Å². The lowest BCUT2D eigenvalue weighted by Gasteiger charge is -2.09. The number of rotatable bonds is 4. The van der Waals surface area contributed by atoms with Gasteiger partial charge < -0.3 is 10.6 Å². The van der Waals surface area contributed by atoms with E-state index in [-0.39, 0.29) is 5.91 Å². The van der Waals surface area contributed by atoms with Crippen LogP contribution in [0.1, 0.15) is 15.9 Å². The quantitative estimate of drug-likeness (QED) is 0.656. The number of nitrogens with one attached hydrogen (secondary N) is 2. The van der Waals surface area contributed by atoms with Gasteiger partial charge in [-0.15, -0.1) is 0 Å². The Bertz CT molecular complexity index is 862. The van der Waals surface area contributed by atoms with Crippen LogP contribution >= 0.6 is 15.9 Å². The summed E-state index contributed by atoms with van der Waals surface area (Å²) in [6.45, 7) is 1.91. The van der Waals surface area contributed by atoms with Gasteiger partial charge in [0.15, 0.2) is 0 Å². The maximum atomic E-state index is 12.3. The zero-order valence-electron chi connectivity index (χ0n) is 13.1. The molecule has 0 aliphatic rings. The number of pyridine rings is 1. The maximum absolute atomic E-state index is 12.3. The lowest BCUT2D eigenvalue weighted by Crippen LogP contribution is -2.14. The summed E-state index contributed by atoms with van der Waals surface area (Å²) in [5, 5.41) is 6.07. The van der Waals surface area contributed by atoms with E-state index in [1.807, 2.05) is 55.5 Å². The molecular weight excluding hydrogens is 366 g/mol. The average Bonchev–Trinajstić information content (AvgIpc) is 2.57. The number of hydrogen-bond acceptors (Lipinski definition) is 3. The molecule has 24 heavy (non-hydrogen) atoms. The van der Waals surface area contributed by atoms with Gasteiger partial charge in [0.1, 0.15) is 5.82 Å².